The SMILES string of the molecule is O=C(O)CCCNc1c(SC(F)(Cl)Cl)cnn1-c1c(Cl)cc(C(F)(F)F)cc1Cl. The normalized spacial score (nSPS) is 12.3. The highest BCUT2D eigenvalue weighted by atomic mass is 35.5. The maximum Gasteiger partial charge on any atom is 0.416 e. The minimum absolute atomic E-state index is 0.0762. The highest BCUT2D eigenvalue weighted by Gasteiger charge is 2.33. The summed E-state index contributed by atoms with van der Waals surface area (Å²) in [5, 5.41) is 14.8. The van der Waals surface area contributed by atoms with E-state index in [-0.39, 0.29) is 45.8 Å². The number of hydrogen-bond acceptors (Lipinski definition) is 4. The van der Waals surface area contributed by atoms with Gasteiger partial charge < -0.3 is 10.4 Å². The Morgan fingerprint density at radius 3 is 2.28 bits per heavy atom. The van der Waals surface area contributed by atoms with Crippen LogP contribution in [-0.2, 0) is 11.0 Å². The van der Waals surface area contributed by atoms with Gasteiger partial charge in [-0.05, 0) is 30.3 Å². The molecule has 0 spiro atoms. The Kier molecular flexibility index (Phi) is 7.83. The van der Waals surface area contributed by atoms with Crippen molar-refractivity contribution in [3.63, 3.8) is 0 Å². The van der Waals surface area contributed by atoms with Gasteiger partial charge in [-0.3, -0.25) is 4.79 Å². The molecule has 0 bridgehead atoms. The molecule has 29 heavy (non-hydrogen) atoms. The van der Waals surface area contributed by atoms with Crippen molar-refractivity contribution in [2.45, 2.75) is 27.8 Å². The highest BCUT2D eigenvalue weighted by molar-refractivity contribution is 8.03. The number of halogens is 8. The van der Waals surface area contributed by atoms with Crippen molar-refractivity contribution < 1.29 is 27.5 Å². The number of anilines is 1. The first-order valence-corrected chi connectivity index (χ1v) is 9.98. The molecule has 0 saturated heterocycles. The number of carbonyl (C=O) groups is 1. The van der Waals surface area contributed by atoms with E-state index in [0.29, 0.717) is 23.9 Å². The summed E-state index contributed by atoms with van der Waals surface area (Å²) in [5.41, 5.74) is -1.15. The maximum atomic E-state index is 13.7. The van der Waals surface area contributed by atoms with Gasteiger partial charge in [-0.2, -0.15) is 22.7 Å². The van der Waals surface area contributed by atoms with Crippen LogP contribution in [0.2, 0.25) is 10.0 Å². The maximum absolute atomic E-state index is 13.7. The van der Waals surface area contributed by atoms with E-state index in [1.54, 1.807) is 0 Å². The van der Waals surface area contributed by atoms with Gasteiger partial charge in [0.1, 0.15) is 11.5 Å². The molecule has 0 aliphatic carbocycles. The van der Waals surface area contributed by atoms with Crippen LogP contribution in [0.5, 0.6) is 0 Å². The van der Waals surface area contributed by atoms with Crippen LogP contribution < -0.4 is 5.32 Å². The van der Waals surface area contributed by atoms with Crippen LogP contribution in [0.25, 0.3) is 5.69 Å². The second kappa shape index (κ2) is 9.38. The highest BCUT2D eigenvalue weighted by Crippen LogP contribution is 2.46. The smallest absolute Gasteiger partial charge is 0.416 e. The molecule has 2 N–H and O–H groups in total. The summed E-state index contributed by atoms with van der Waals surface area (Å²) < 4.78 is 50.9. The molecule has 5 nitrogen and oxygen atoms in total. The minimum Gasteiger partial charge on any atom is -0.481 e. The third-order valence-electron chi connectivity index (χ3n) is 3.38. The largest absolute Gasteiger partial charge is 0.481 e. The van der Waals surface area contributed by atoms with Crippen molar-refractivity contribution in [3.8, 4) is 5.69 Å². The summed E-state index contributed by atoms with van der Waals surface area (Å²) >= 11 is 23.1. The molecule has 0 radical (unpaired) electrons. The summed E-state index contributed by atoms with van der Waals surface area (Å²) in [4.78, 5) is 10.7. The van der Waals surface area contributed by atoms with Gasteiger partial charge in [0.05, 0.1) is 26.7 Å². The van der Waals surface area contributed by atoms with Crippen LogP contribution >= 0.6 is 58.2 Å². The van der Waals surface area contributed by atoms with Crippen LogP contribution in [0, 0.1) is 0 Å². The van der Waals surface area contributed by atoms with Gasteiger partial charge >= 0.3 is 16.1 Å². The molecule has 160 valence electrons. The molecule has 0 aliphatic rings. The Morgan fingerprint density at radius 1 is 1.21 bits per heavy atom. The number of alkyl halides is 6. The van der Waals surface area contributed by atoms with E-state index < -0.39 is 21.6 Å². The molecule has 2 rings (SSSR count). The average Bonchev–Trinajstić information content (AvgIpc) is 2.90. The lowest BCUT2D eigenvalue weighted by molar-refractivity contribution is -0.138. The van der Waals surface area contributed by atoms with E-state index in [0.717, 1.165) is 10.9 Å². The average molecular weight is 515 g/mol. The van der Waals surface area contributed by atoms with E-state index in [9.17, 15) is 22.4 Å². The zero-order chi connectivity index (χ0) is 22.0. The molecule has 0 aliphatic heterocycles. The number of thioether (sulfide) groups is 1. The predicted molar refractivity (Wildman–Crippen MR) is 105 cm³/mol. The van der Waals surface area contributed by atoms with Gasteiger partial charge in [0, 0.05) is 13.0 Å². The summed E-state index contributed by atoms with van der Waals surface area (Å²) in [6.45, 7) is 0.116. The van der Waals surface area contributed by atoms with Gasteiger partial charge in [0.25, 0.3) is 0 Å². The monoisotopic (exact) mass is 513 g/mol. The molecule has 0 fully saturated rings. The van der Waals surface area contributed by atoms with Gasteiger partial charge in [-0.25, -0.2) is 4.68 Å². The van der Waals surface area contributed by atoms with Crippen LogP contribution in [0.15, 0.2) is 23.2 Å². The van der Waals surface area contributed by atoms with Gasteiger partial charge in [-0.15, -0.1) is 0 Å². The number of carboxylic acids is 1. The standard InChI is InChI=1S/C15H11Cl4F4N3O2S/c16-8-4-7(14(20,21)22)5-9(17)12(8)26-13(24-3-1-2-11(27)28)10(6-25-26)29-15(18,19)23/h4-6,24H,1-3H2,(H,27,28). The van der Waals surface area contributed by atoms with E-state index in [1.165, 1.54) is 0 Å². The van der Waals surface area contributed by atoms with E-state index in [4.69, 9.17) is 51.5 Å². The number of rotatable bonds is 8. The summed E-state index contributed by atoms with van der Waals surface area (Å²) in [5.74, 6) is -0.944. The minimum atomic E-state index is -4.67. The number of benzene rings is 1. The number of aromatic nitrogens is 2. The summed E-state index contributed by atoms with van der Waals surface area (Å²) in [6, 6.07) is 1.35. The zero-order valence-corrected chi connectivity index (χ0v) is 17.9. The number of nitrogens with one attached hydrogen (secondary N) is 1. The van der Waals surface area contributed by atoms with E-state index in [1.807, 2.05) is 0 Å². The molecule has 1 aromatic carbocycles. The van der Waals surface area contributed by atoms with Crippen molar-refractivity contribution in [3.05, 3.63) is 33.9 Å². The first-order valence-electron chi connectivity index (χ1n) is 7.65. The van der Waals surface area contributed by atoms with Crippen molar-refractivity contribution in [1.29, 1.82) is 0 Å². The Labute approximate surface area is 186 Å². The Bertz CT molecular complexity index is 880. The second-order valence-corrected chi connectivity index (χ2v) is 9.23. The predicted octanol–water partition coefficient (Wildman–Crippen LogP) is 6.63. The molecule has 1 aromatic heterocycles. The van der Waals surface area contributed by atoms with Crippen molar-refractivity contribution in [2.24, 2.45) is 0 Å². The van der Waals surface area contributed by atoms with Crippen LogP contribution in [0.4, 0.5) is 23.4 Å². The van der Waals surface area contributed by atoms with Crippen LogP contribution in [-0.4, -0.2) is 31.3 Å². The lowest BCUT2D eigenvalue weighted by Gasteiger charge is -2.16. The number of hydrogen-bond donors (Lipinski definition) is 2. The Balaban J connectivity index is 2.47. The fraction of sp³-hybridized carbons (Fsp3) is 0.333. The molecule has 0 atom stereocenters. The van der Waals surface area contributed by atoms with Crippen molar-refractivity contribution in [2.75, 3.05) is 11.9 Å². The van der Waals surface area contributed by atoms with E-state index >= 15 is 0 Å². The molecular weight excluding hydrogens is 504 g/mol. The summed E-state index contributed by atoms with van der Waals surface area (Å²) in [7, 11) is 0. The van der Waals surface area contributed by atoms with Crippen molar-refractivity contribution in [1.82, 2.24) is 9.78 Å². The number of carboxylic acid groups (broad SMARTS) is 1. The van der Waals surface area contributed by atoms with E-state index in [2.05, 4.69) is 10.4 Å². The topological polar surface area (TPSA) is 67.2 Å². The Hall–Kier alpha value is -1.07. The number of aliphatic carboxylic acids is 1. The second-order valence-electron chi connectivity index (χ2n) is 5.53. The molecule has 0 unspecified atom stereocenters. The van der Waals surface area contributed by atoms with Gasteiger partial charge in [0.2, 0.25) is 0 Å². The Morgan fingerprint density at radius 2 is 1.79 bits per heavy atom. The molecule has 0 amide bonds. The van der Waals surface area contributed by atoms with Crippen LogP contribution in [0.3, 0.4) is 0 Å². The summed E-state index contributed by atoms with van der Waals surface area (Å²) in [6.07, 6.45) is -3.46. The molecule has 14 heteroatoms. The first-order chi connectivity index (χ1) is 13.3. The lowest BCUT2D eigenvalue weighted by Crippen LogP contribution is -2.12. The third kappa shape index (κ3) is 6.71. The molecular formula is C15H11Cl4F4N3O2S. The van der Waals surface area contributed by atoms with Gasteiger partial charge in [0.15, 0.2) is 0 Å². The molecule has 2 aromatic rings. The third-order valence-corrected chi connectivity index (χ3v) is 5.17. The van der Waals surface area contributed by atoms with Gasteiger partial charge in [-0.1, -0.05) is 46.4 Å². The fourth-order valence-corrected chi connectivity index (χ4v) is 3.99. The molecule has 0 saturated carbocycles. The fourth-order valence-electron chi connectivity index (χ4n) is 2.24. The quantitative estimate of drug-likeness (QED) is 0.179. The number of nitrogens with zero attached hydrogens (tertiary/aromatic N) is 2. The first kappa shape index (κ1) is 24.2. The van der Waals surface area contributed by atoms with Crippen molar-refractivity contribution >= 4 is 70.0 Å². The lowest BCUT2D eigenvalue weighted by atomic mass is 10.2. The van der Waals surface area contributed by atoms with Crippen LogP contribution in [0.1, 0.15) is 18.4 Å². The zero-order valence-electron chi connectivity index (χ0n) is 14.0. The molecule has 1 heterocycles.